The molecule has 0 aromatic heterocycles. The zero-order valence-corrected chi connectivity index (χ0v) is 20.7. The molecule has 1 unspecified atom stereocenters. The highest BCUT2D eigenvalue weighted by Crippen LogP contribution is 2.28. The summed E-state index contributed by atoms with van der Waals surface area (Å²) < 4.78 is 0. The van der Waals surface area contributed by atoms with E-state index in [1.54, 1.807) is 22.0 Å². The zero-order valence-electron chi connectivity index (χ0n) is 20.7. The summed E-state index contributed by atoms with van der Waals surface area (Å²) >= 11 is 0. The number of carbonyl (C=O) groups is 3. The fraction of sp³-hybridized carbons (Fsp3) is 0.640. The van der Waals surface area contributed by atoms with Gasteiger partial charge in [0, 0.05) is 33.2 Å². The number of aliphatic carboxylic acids is 1. The molecule has 0 bridgehead atoms. The maximum Gasteiger partial charge on any atom is 0.334 e. The Hall–Kier alpha value is -2.65. The minimum Gasteiger partial charge on any atom is -0.481 e. The second-order valence-electron chi connectivity index (χ2n) is 9.47. The molecule has 188 valence electrons. The predicted molar refractivity (Wildman–Crippen MR) is 130 cm³/mol. The lowest BCUT2D eigenvalue weighted by atomic mass is 9.97. The number of likely N-dealkylation sites (N-methyl/N-ethyl adjacent to an activating group) is 1. The van der Waals surface area contributed by atoms with Crippen LogP contribution in [0.5, 0.6) is 0 Å². The molecule has 2 fully saturated rings. The van der Waals surface area contributed by atoms with E-state index < -0.39 is 18.2 Å². The van der Waals surface area contributed by atoms with Crippen molar-refractivity contribution in [2.24, 2.45) is 5.92 Å². The molecule has 3 rings (SSSR count). The highest BCUT2D eigenvalue weighted by atomic mass is 16.4. The van der Waals surface area contributed by atoms with Gasteiger partial charge < -0.3 is 15.3 Å². The minimum absolute atomic E-state index is 0.0411. The number of nitrogens with one attached hydrogen (secondary N) is 1. The van der Waals surface area contributed by atoms with Crippen molar-refractivity contribution in [3.63, 3.8) is 0 Å². The molecule has 2 saturated heterocycles. The number of carboxylic acid groups (broad SMARTS) is 1. The Balaban J connectivity index is 1.80. The number of carboxylic acids is 1. The van der Waals surface area contributed by atoms with E-state index in [9.17, 15) is 19.5 Å². The molecule has 2 aliphatic heterocycles. The Labute approximate surface area is 202 Å². The van der Waals surface area contributed by atoms with Gasteiger partial charge in [-0.25, -0.2) is 14.8 Å². The summed E-state index contributed by atoms with van der Waals surface area (Å²) in [7, 11) is 1.73. The Bertz CT molecular complexity index is 836. The number of fused-ring (bicyclic) bond motifs is 1. The zero-order chi connectivity index (χ0) is 24.7. The predicted octanol–water partition coefficient (Wildman–Crippen LogP) is 2.59. The summed E-state index contributed by atoms with van der Waals surface area (Å²) in [5.41, 5.74) is 0.985. The first-order valence-corrected chi connectivity index (χ1v) is 12.4. The SMILES string of the molecule is CCCCC(CC)CN1C[C@H](CC(=O)O)N2C(=O)CN(C)N(C(=O)NCc3ccccc3)[C@H]2C1. The maximum absolute atomic E-state index is 13.3. The lowest BCUT2D eigenvalue weighted by molar-refractivity contribution is -0.181. The van der Waals surface area contributed by atoms with Crippen molar-refractivity contribution in [2.75, 3.05) is 33.2 Å². The number of carbonyl (C=O) groups excluding carboxylic acids is 2. The molecule has 3 amide bonds. The van der Waals surface area contributed by atoms with Crippen molar-refractivity contribution in [3.05, 3.63) is 35.9 Å². The number of hydrazine groups is 1. The van der Waals surface area contributed by atoms with E-state index in [1.807, 2.05) is 30.3 Å². The molecule has 9 nitrogen and oxygen atoms in total. The molecule has 3 atom stereocenters. The second-order valence-corrected chi connectivity index (χ2v) is 9.47. The Morgan fingerprint density at radius 1 is 1.18 bits per heavy atom. The van der Waals surface area contributed by atoms with Crippen LogP contribution in [0.1, 0.15) is 51.5 Å². The molecule has 1 aromatic rings. The molecule has 2 heterocycles. The summed E-state index contributed by atoms with van der Waals surface area (Å²) in [6, 6.07) is 8.91. The highest BCUT2D eigenvalue weighted by molar-refractivity contribution is 5.83. The van der Waals surface area contributed by atoms with Crippen LogP contribution in [0.4, 0.5) is 4.79 Å². The van der Waals surface area contributed by atoms with Gasteiger partial charge in [0.05, 0.1) is 19.0 Å². The van der Waals surface area contributed by atoms with Gasteiger partial charge in [0.15, 0.2) is 0 Å². The van der Waals surface area contributed by atoms with Gasteiger partial charge in [0.1, 0.15) is 6.17 Å². The quantitative estimate of drug-likeness (QED) is 0.542. The Kier molecular flexibility index (Phi) is 9.29. The average Bonchev–Trinajstić information content (AvgIpc) is 2.80. The fourth-order valence-corrected chi connectivity index (χ4v) is 5.11. The minimum atomic E-state index is -0.935. The summed E-state index contributed by atoms with van der Waals surface area (Å²) in [6.45, 7) is 6.65. The Morgan fingerprint density at radius 2 is 1.91 bits per heavy atom. The number of unbranched alkanes of at least 4 members (excludes halogenated alkanes) is 1. The third-order valence-electron chi connectivity index (χ3n) is 6.87. The average molecular weight is 474 g/mol. The first-order valence-electron chi connectivity index (χ1n) is 12.4. The van der Waals surface area contributed by atoms with Crippen molar-refractivity contribution in [2.45, 2.75) is 64.7 Å². The molecule has 34 heavy (non-hydrogen) atoms. The first-order chi connectivity index (χ1) is 16.3. The topological polar surface area (TPSA) is 96.4 Å². The number of benzene rings is 1. The van der Waals surface area contributed by atoms with E-state index in [1.165, 1.54) is 0 Å². The molecule has 2 N–H and O–H groups in total. The van der Waals surface area contributed by atoms with Gasteiger partial charge in [0.25, 0.3) is 0 Å². The second kappa shape index (κ2) is 12.2. The third kappa shape index (κ3) is 6.48. The van der Waals surface area contributed by atoms with E-state index in [2.05, 4.69) is 24.1 Å². The van der Waals surface area contributed by atoms with Crippen molar-refractivity contribution in [1.29, 1.82) is 0 Å². The molecule has 0 spiro atoms. The third-order valence-corrected chi connectivity index (χ3v) is 6.87. The fourth-order valence-electron chi connectivity index (χ4n) is 5.11. The van der Waals surface area contributed by atoms with E-state index in [0.717, 1.165) is 37.8 Å². The summed E-state index contributed by atoms with van der Waals surface area (Å²) in [5.74, 6) is -0.562. The molecule has 0 radical (unpaired) electrons. The van der Waals surface area contributed by atoms with Crippen molar-refractivity contribution in [3.8, 4) is 0 Å². The molecule has 0 saturated carbocycles. The van der Waals surface area contributed by atoms with Crippen LogP contribution in [0.25, 0.3) is 0 Å². The van der Waals surface area contributed by atoms with Crippen LogP contribution < -0.4 is 5.32 Å². The van der Waals surface area contributed by atoms with Gasteiger partial charge in [0.2, 0.25) is 5.91 Å². The van der Waals surface area contributed by atoms with Crippen LogP contribution in [0.3, 0.4) is 0 Å². The van der Waals surface area contributed by atoms with Crippen molar-refractivity contribution in [1.82, 2.24) is 25.1 Å². The van der Waals surface area contributed by atoms with Crippen LogP contribution in [0.2, 0.25) is 0 Å². The number of rotatable bonds is 10. The number of amides is 3. The van der Waals surface area contributed by atoms with Gasteiger partial charge in [-0.1, -0.05) is 63.4 Å². The smallest absolute Gasteiger partial charge is 0.334 e. The number of hydrogen-bond donors (Lipinski definition) is 2. The summed E-state index contributed by atoms with van der Waals surface area (Å²) in [4.78, 5) is 41.9. The summed E-state index contributed by atoms with van der Waals surface area (Å²) in [5, 5.41) is 15.8. The van der Waals surface area contributed by atoms with Crippen LogP contribution in [0.15, 0.2) is 30.3 Å². The van der Waals surface area contributed by atoms with E-state index in [-0.39, 0.29) is 24.9 Å². The van der Waals surface area contributed by atoms with E-state index >= 15 is 0 Å². The molecule has 9 heteroatoms. The summed E-state index contributed by atoms with van der Waals surface area (Å²) in [6.07, 6.45) is 3.81. The van der Waals surface area contributed by atoms with E-state index in [4.69, 9.17) is 0 Å². The Morgan fingerprint density at radius 3 is 2.56 bits per heavy atom. The lowest BCUT2D eigenvalue weighted by Gasteiger charge is -2.55. The molecular weight excluding hydrogens is 434 g/mol. The van der Waals surface area contributed by atoms with Gasteiger partial charge in [-0.05, 0) is 17.9 Å². The number of piperazine rings is 1. The number of nitrogens with zero attached hydrogens (tertiary/aromatic N) is 4. The van der Waals surface area contributed by atoms with Gasteiger partial charge >= 0.3 is 12.0 Å². The standard InChI is InChI=1S/C25H39N5O4/c1-4-6-10-19(5-2)15-28-16-21(13-24(32)33)29-22(17-28)30(27(3)18-23(29)31)25(34)26-14-20-11-8-7-9-12-20/h7-9,11-12,19,21-22H,4-6,10,13-18H2,1-3H3,(H,26,34)(H,32,33)/t19?,21-,22-/m0/s1. The molecule has 1 aromatic carbocycles. The van der Waals surface area contributed by atoms with Crippen LogP contribution in [0, 0.1) is 5.92 Å². The molecule has 2 aliphatic rings. The molecular formula is C25H39N5O4. The molecule has 0 aliphatic carbocycles. The van der Waals surface area contributed by atoms with Crippen LogP contribution >= 0.6 is 0 Å². The first kappa shape index (κ1) is 26.0. The van der Waals surface area contributed by atoms with Crippen LogP contribution in [-0.2, 0) is 16.1 Å². The monoisotopic (exact) mass is 473 g/mol. The largest absolute Gasteiger partial charge is 0.481 e. The van der Waals surface area contributed by atoms with Crippen molar-refractivity contribution >= 4 is 17.9 Å². The van der Waals surface area contributed by atoms with Gasteiger partial charge in [-0.3, -0.25) is 14.5 Å². The maximum atomic E-state index is 13.3. The number of urea groups is 1. The van der Waals surface area contributed by atoms with Crippen molar-refractivity contribution < 1.29 is 19.5 Å². The highest BCUT2D eigenvalue weighted by Gasteiger charge is 2.47. The lowest BCUT2D eigenvalue weighted by Crippen LogP contribution is -2.75. The normalized spacial score (nSPS) is 22.4. The van der Waals surface area contributed by atoms with Gasteiger partial charge in [-0.15, -0.1) is 0 Å². The number of hydrogen-bond acceptors (Lipinski definition) is 5. The van der Waals surface area contributed by atoms with E-state index in [0.29, 0.717) is 25.6 Å². The van der Waals surface area contributed by atoms with Gasteiger partial charge in [-0.2, -0.15) is 0 Å². The van der Waals surface area contributed by atoms with Crippen LogP contribution in [-0.4, -0.2) is 88.3 Å².